The van der Waals surface area contributed by atoms with E-state index in [0.717, 1.165) is 5.71 Å². The Kier molecular flexibility index (Phi) is 3.35. The molecule has 0 amide bonds. The molecular formula is C10H13NS. The van der Waals surface area contributed by atoms with Gasteiger partial charge in [-0.25, -0.2) is 0 Å². The van der Waals surface area contributed by atoms with Crippen LogP contribution in [-0.4, -0.2) is 19.0 Å². The molecule has 0 unspecified atom stereocenters. The van der Waals surface area contributed by atoms with Gasteiger partial charge >= 0.3 is 0 Å². The van der Waals surface area contributed by atoms with Crippen LogP contribution >= 0.6 is 11.8 Å². The van der Waals surface area contributed by atoms with Gasteiger partial charge in [-0.05, 0) is 19.2 Å². The number of benzene rings is 1. The average Bonchev–Trinajstić information content (AvgIpc) is 2.16. The van der Waals surface area contributed by atoms with Crippen LogP contribution in [0.25, 0.3) is 0 Å². The Morgan fingerprint density at radius 3 is 2.58 bits per heavy atom. The van der Waals surface area contributed by atoms with E-state index in [1.807, 2.05) is 20.0 Å². The second-order valence-electron chi connectivity index (χ2n) is 2.51. The first-order chi connectivity index (χ1) is 5.79. The summed E-state index contributed by atoms with van der Waals surface area (Å²) in [5, 5.41) is 0. The first-order valence-corrected chi connectivity index (χ1v) is 5.09. The topological polar surface area (TPSA) is 12.4 Å². The quantitative estimate of drug-likeness (QED) is 0.502. The number of hydrogen-bond acceptors (Lipinski definition) is 2. The van der Waals surface area contributed by atoms with E-state index in [0.29, 0.717) is 0 Å². The molecule has 1 aromatic carbocycles. The van der Waals surface area contributed by atoms with Gasteiger partial charge in [-0.3, -0.25) is 4.99 Å². The van der Waals surface area contributed by atoms with Crippen molar-refractivity contribution in [3.05, 3.63) is 29.8 Å². The molecule has 12 heavy (non-hydrogen) atoms. The molecule has 64 valence electrons. The van der Waals surface area contributed by atoms with E-state index < -0.39 is 0 Å². The molecule has 1 rings (SSSR count). The van der Waals surface area contributed by atoms with Crippen LogP contribution in [0.5, 0.6) is 0 Å². The van der Waals surface area contributed by atoms with Crippen molar-refractivity contribution in [3.63, 3.8) is 0 Å². The van der Waals surface area contributed by atoms with E-state index in [1.165, 1.54) is 10.5 Å². The Balaban J connectivity index is 3.13. The fourth-order valence-electron chi connectivity index (χ4n) is 1.06. The minimum absolute atomic E-state index is 1.10. The molecule has 1 nitrogen and oxygen atoms in total. The van der Waals surface area contributed by atoms with E-state index in [1.54, 1.807) is 11.8 Å². The molecule has 0 saturated heterocycles. The third-order valence-corrected chi connectivity index (χ3v) is 2.63. The van der Waals surface area contributed by atoms with E-state index >= 15 is 0 Å². The summed E-state index contributed by atoms with van der Waals surface area (Å²) in [7, 11) is 1.83. The van der Waals surface area contributed by atoms with Gasteiger partial charge in [-0.15, -0.1) is 11.8 Å². The van der Waals surface area contributed by atoms with Gasteiger partial charge in [0.15, 0.2) is 0 Å². The van der Waals surface area contributed by atoms with Gasteiger partial charge in [0.1, 0.15) is 0 Å². The molecule has 0 aliphatic heterocycles. The van der Waals surface area contributed by atoms with Gasteiger partial charge in [0.2, 0.25) is 0 Å². The van der Waals surface area contributed by atoms with Crippen LogP contribution in [0.3, 0.4) is 0 Å². The Labute approximate surface area is 77.9 Å². The summed E-state index contributed by atoms with van der Waals surface area (Å²) < 4.78 is 0. The van der Waals surface area contributed by atoms with Crippen molar-refractivity contribution in [3.8, 4) is 0 Å². The van der Waals surface area contributed by atoms with Crippen LogP contribution in [-0.2, 0) is 0 Å². The maximum Gasteiger partial charge on any atom is 0.0397 e. The zero-order valence-corrected chi connectivity index (χ0v) is 8.48. The first-order valence-electron chi connectivity index (χ1n) is 3.86. The van der Waals surface area contributed by atoms with Crippen molar-refractivity contribution in [2.45, 2.75) is 11.8 Å². The summed E-state index contributed by atoms with van der Waals surface area (Å²) in [6, 6.07) is 8.32. The molecule has 0 spiro atoms. The highest BCUT2D eigenvalue weighted by atomic mass is 32.2. The third kappa shape index (κ3) is 1.89. The van der Waals surface area contributed by atoms with Crippen molar-refractivity contribution in [1.82, 2.24) is 0 Å². The Bertz CT molecular complexity index is 292. The SMILES string of the molecule is CN=C(C)c1ccccc1SC. The molecule has 1 aromatic rings. The highest BCUT2D eigenvalue weighted by Crippen LogP contribution is 2.20. The predicted molar refractivity (Wildman–Crippen MR) is 56.4 cm³/mol. The van der Waals surface area contributed by atoms with Crippen molar-refractivity contribution in [1.29, 1.82) is 0 Å². The van der Waals surface area contributed by atoms with E-state index in [2.05, 4.69) is 29.4 Å². The summed E-state index contributed by atoms with van der Waals surface area (Å²) in [5.74, 6) is 0. The lowest BCUT2D eigenvalue weighted by Gasteiger charge is -2.04. The van der Waals surface area contributed by atoms with Crippen LogP contribution in [0.15, 0.2) is 34.2 Å². The maximum atomic E-state index is 4.17. The van der Waals surface area contributed by atoms with E-state index in [9.17, 15) is 0 Å². The van der Waals surface area contributed by atoms with Crippen LogP contribution in [0, 0.1) is 0 Å². The maximum absolute atomic E-state index is 4.17. The van der Waals surface area contributed by atoms with E-state index in [-0.39, 0.29) is 0 Å². The summed E-state index contributed by atoms with van der Waals surface area (Å²) >= 11 is 1.76. The Morgan fingerprint density at radius 1 is 1.33 bits per heavy atom. The zero-order valence-electron chi connectivity index (χ0n) is 7.66. The number of nitrogens with zero attached hydrogens (tertiary/aromatic N) is 1. The summed E-state index contributed by atoms with van der Waals surface area (Å²) in [6.07, 6.45) is 2.09. The van der Waals surface area contributed by atoms with Gasteiger partial charge in [0, 0.05) is 23.2 Å². The normalized spacial score (nSPS) is 11.8. The molecule has 0 radical (unpaired) electrons. The van der Waals surface area contributed by atoms with Crippen LogP contribution in [0.1, 0.15) is 12.5 Å². The first kappa shape index (κ1) is 9.33. The highest BCUT2D eigenvalue weighted by Gasteiger charge is 2.01. The summed E-state index contributed by atoms with van der Waals surface area (Å²) in [5.41, 5.74) is 2.34. The lowest BCUT2D eigenvalue weighted by molar-refractivity contribution is 1.35. The number of hydrogen-bond donors (Lipinski definition) is 0. The second kappa shape index (κ2) is 4.31. The highest BCUT2D eigenvalue weighted by molar-refractivity contribution is 7.98. The minimum atomic E-state index is 1.10. The molecule has 0 saturated carbocycles. The second-order valence-corrected chi connectivity index (χ2v) is 3.36. The number of thioether (sulfide) groups is 1. The number of rotatable bonds is 2. The van der Waals surface area contributed by atoms with Crippen LogP contribution < -0.4 is 0 Å². The van der Waals surface area contributed by atoms with Gasteiger partial charge < -0.3 is 0 Å². The van der Waals surface area contributed by atoms with Gasteiger partial charge in [0.25, 0.3) is 0 Å². The average molecular weight is 179 g/mol. The van der Waals surface area contributed by atoms with Crippen LogP contribution in [0.4, 0.5) is 0 Å². The van der Waals surface area contributed by atoms with Crippen LogP contribution in [0.2, 0.25) is 0 Å². The van der Waals surface area contributed by atoms with E-state index in [4.69, 9.17) is 0 Å². The fourth-order valence-corrected chi connectivity index (χ4v) is 1.71. The van der Waals surface area contributed by atoms with Gasteiger partial charge in [0.05, 0.1) is 0 Å². The zero-order chi connectivity index (χ0) is 8.97. The molecule has 0 heterocycles. The van der Waals surface area contributed by atoms with Crippen molar-refractivity contribution >= 4 is 17.5 Å². The fraction of sp³-hybridized carbons (Fsp3) is 0.300. The van der Waals surface area contributed by atoms with Gasteiger partial charge in [-0.2, -0.15) is 0 Å². The largest absolute Gasteiger partial charge is 0.293 e. The molecule has 0 fully saturated rings. The lowest BCUT2D eigenvalue weighted by Crippen LogP contribution is -1.95. The minimum Gasteiger partial charge on any atom is -0.293 e. The summed E-state index contributed by atoms with van der Waals surface area (Å²) in [6.45, 7) is 2.04. The molecule has 0 aromatic heterocycles. The van der Waals surface area contributed by atoms with Crippen molar-refractivity contribution < 1.29 is 0 Å². The monoisotopic (exact) mass is 179 g/mol. The van der Waals surface area contributed by atoms with Gasteiger partial charge in [-0.1, -0.05) is 18.2 Å². The Morgan fingerprint density at radius 2 is 2.00 bits per heavy atom. The predicted octanol–water partition coefficient (Wildman–Crippen LogP) is 2.85. The molecule has 0 bridgehead atoms. The molecule has 0 atom stereocenters. The Hall–Kier alpha value is -0.760. The molecule has 2 heteroatoms. The molecule has 0 aliphatic carbocycles. The summed E-state index contributed by atoms with van der Waals surface area (Å²) in [4.78, 5) is 5.46. The molecule has 0 N–H and O–H groups in total. The lowest BCUT2D eigenvalue weighted by atomic mass is 10.1. The van der Waals surface area contributed by atoms with Crippen molar-refractivity contribution in [2.75, 3.05) is 13.3 Å². The smallest absolute Gasteiger partial charge is 0.0397 e. The standard InChI is InChI=1S/C10H13NS/c1-8(11-2)9-6-4-5-7-10(9)12-3/h4-7H,1-3H3. The van der Waals surface area contributed by atoms with Crippen molar-refractivity contribution in [2.24, 2.45) is 4.99 Å². The third-order valence-electron chi connectivity index (χ3n) is 1.83. The number of aliphatic imine (C=N–C) groups is 1. The molecule has 0 aliphatic rings. The molecular weight excluding hydrogens is 166 g/mol.